The summed E-state index contributed by atoms with van der Waals surface area (Å²) in [5.41, 5.74) is -0.292. The summed E-state index contributed by atoms with van der Waals surface area (Å²) in [7, 11) is -3.16. The molecule has 40 heavy (non-hydrogen) atoms. The third-order valence-corrected chi connectivity index (χ3v) is 8.49. The van der Waals surface area contributed by atoms with Crippen molar-refractivity contribution in [3.05, 3.63) is 93.5 Å². The van der Waals surface area contributed by atoms with Gasteiger partial charge < -0.3 is 10.2 Å². The SMILES string of the molecule is CNC(=O)C(C)N(Cc1ccc(Cl)cc1Cl)C(=O)CN(c1cccc(C(F)(F)F)c1)S(=O)(=O)c1ccc(C)cc1. The van der Waals surface area contributed by atoms with Gasteiger partial charge in [0.2, 0.25) is 11.8 Å². The number of alkyl halides is 3. The zero-order chi connectivity index (χ0) is 29.8. The molecule has 1 N–H and O–H groups in total. The van der Waals surface area contributed by atoms with Gasteiger partial charge in [-0.3, -0.25) is 13.9 Å². The summed E-state index contributed by atoms with van der Waals surface area (Å²) in [5.74, 6) is -1.40. The highest BCUT2D eigenvalue weighted by atomic mass is 35.5. The van der Waals surface area contributed by atoms with E-state index in [-0.39, 0.29) is 22.2 Å². The predicted molar refractivity (Wildman–Crippen MR) is 148 cm³/mol. The van der Waals surface area contributed by atoms with Crippen LogP contribution < -0.4 is 9.62 Å². The van der Waals surface area contributed by atoms with Gasteiger partial charge in [0.25, 0.3) is 10.0 Å². The molecule has 3 aromatic rings. The number of likely N-dealkylation sites (N-methyl/N-ethyl adjacent to an activating group) is 1. The Balaban J connectivity index is 2.11. The molecule has 0 radical (unpaired) electrons. The molecule has 0 aromatic heterocycles. The van der Waals surface area contributed by atoms with Crippen molar-refractivity contribution in [1.29, 1.82) is 0 Å². The smallest absolute Gasteiger partial charge is 0.357 e. The first-order valence-electron chi connectivity index (χ1n) is 11.9. The van der Waals surface area contributed by atoms with Crippen LogP contribution in [0.4, 0.5) is 18.9 Å². The van der Waals surface area contributed by atoms with Crippen molar-refractivity contribution in [3.63, 3.8) is 0 Å². The molecule has 13 heteroatoms. The molecule has 0 spiro atoms. The Bertz CT molecular complexity index is 1500. The number of amides is 2. The van der Waals surface area contributed by atoms with E-state index in [1.165, 1.54) is 50.4 Å². The number of carbonyl (C=O) groups excluding carboxylic acids is 2. The van der Waals surface area contributed by atoms with E-state index in [9.17, 15) is 31.2 Å². The Morgan fingerprint density at radius 1 is 1.00 bits per heavy atom. The Labute approximate surface area is 240 Å². The van der Waals surface area contributed by atoms with Crippen molar-refractivity contribution in [2.24, 2.45) is 0 Å². The molecule has 0 aliphatic carbocycles. The second kappa shape index (κ2) is 12.5. The van der Waals surface area contributed by atoms with E-state index >= 15 is 0 Å². The van der Waals surface area contributed by atoms with E-state index in [1.54, 1.807) is 13.0 Å². The first kappa shape index (κ1) is 31.3. The average molecular weight is 616 g/mol. The van der Waals surface area contributed by atoms with E-state index < -0.39 is 46.2 Å². The molecule has 0 saturated heterocycles. The average Bonchev–Trinajstić information content (AvgIpc) is 2.90. The molecule has 7 nitrogen and oxygen atoms in total. The van der Waals surface area contributed by atoms with E-state index in [0.29, 0.717) is 21.0 Å². The second-order valence-corrected chi connectivity index (χ2v) is 11.6. The molecular formula is C27H26Cl2F3N3O4S. The maximum atomic E-state index is 13.7. The second-order valence-electron chi connectivity index (χ2n) is 8.92. The Hall–Kier alpha value is -3.28. The van der Waals surface area contributed by atoms with Gasteiger partial charge in [-0.2, -0.15) is 13.2 Å². The van der Waals surface area contributed by atoms with Crippen molar-refractivity contribution in [1.82, 2.24) is 10.2 Å². The lowest BCUT2D eigenvalue weighted by Crippen LogP contribution is -2.50. The number of halogens is 5. The minimum absolute atomic E-state index is 0.204. The van der Waals surface area contributed by atoms with Crippen LogP contribution in [0.25, 0.3) is 0 Å². The molecule has 1 unspecified atom stereocenters. The third kappa shape index (κ3) is 7.26. The Morgan fingerprint density at radius 3 is 2.23 bits per heavy atom. The van der Waals surface area contributed by atoms with Crippen LogP contribution >= 0.6 is 23.2 Å². The molecule has 0 heterocycles. The van der Waals surface area contributed by atoms with E-state index in [1.807, 2.05) is 0 Å². The topological polar surface area (TPSA) is 86.8 Å². The van der Waals surface area contributed by atoms with Crippen LogP contribution in [-0.4, -0.2) is 44.8 Å². The van der Waals surface area contributed by atoms with E-state index in [4.69, 9.17) is 23.2 Å². The maximum Gasteiger partial charge on any atom is 0.416 e. The largest absolute Gasteiger partial charge is 0.416 e. The number of hydrogen-bond acceptors (Lipinski definition) is 4. The molecule has 3 rings (SSSR count). The van der Waals surface area contributed by atoms with E-state index in [0.717, 1.165) is 28.7 Å². The summed E-state index contributed by atoms with van der Waals surface area (Å²) in [5, 5.41) is 2.98. The van der Waals surface area contributed by atoms with Gasteiger partial charge in [-0.1, -0.05) is 53.0 Å². The molecule has 0 saturated carbocycles. The maximum absolute atomic E-state index is 13.7. The standard InChI is InChI=1S/C27H26Cl2F3N3O4S/c1-17-7-11-23(12-8-17)40(38,39)35(22-6-4-5-20(13-22)27(30,31)32)16-25(36)34(18(2)26(37)33-3)15-19-9-10-21(28)14-24(19)29/h4-14,18H,15-16H2,1-3H3,(H,33,37). The zero-order valence-corrected chi connectivity index (χ0v) is 24.0. The number of nitrogens with one attached hydrogen (secondary N) is 1. The van der Waals surface area contributed by atoms with Crippen LogP contribution in [0.1, 0.15) is 23.6 Å². The van der Waals surface area contributed by atoms with Crippen LogP contribution in [0.15, 0.2) is 71.6 Å². The summed E-state index contributed by atoms with van der Waals surface area (Å²) in [6.45, 7) is 2.07. The van der Waals surface area contributed by atoms with Gasteiger partial charge >= 0.3 is 6.18 Å². The first-order chi connectivity index (χ1) is 18.6. The third-order valence-electron chi connectivity index (χ3n) is 6.12. The summed E-state index contributed by atoms with van der Waals surface area (Å²) >= 11 is 12.3. The summed E-state index contributed by atoms with van der Waals surface area (Å²) in [6, 6.07) is 12.8. The van der Waals surface area contributed by atoms with Gasteiger partial charge in [-0.25, -0.2) is 8.42 Å². The fraction of sp³-hybridized carbons (Fsp3) is 0.259. The molecule has 2 amide bonds. The van der Waals surface area contributed by atoms with Gasteiger partial charge in [-0.15, -0.1) is 0 Å². The van der Waals surface area contributed by atoms with Gasteiger partial charge in [0.15, 0.2) is 0 Å². The van der Waals surface area contributed by atoms with Crippen LogP contribution in [0, 0.1) is 6.92 Å². The van der Waals surface area contributed by atoms with Gasteiger partial charge in [0, 0.05) is 23.6 Å². The number of sulfonamides is 1. The molecule has 1 atom stereocenters. The number of anilines is 1. The Kier molecular flexibility index (Phi) is 9.76. The number of aryl methyl sites for hydroxylation is 1. The molecule has 0 fully saturated rings. The number of nitrogens with zero attached hydrogens (tertiary/aromatic N) is 2. The number of hydrogen-bond donors (Lipinski definition) is 1. The van der Waals surface area contributed by atoms with Crippen LogP contribution in [0.2, 0.25) is 10.0 Å². The molecule has 0 bridgehead atoms. The number of rotatable bonds is 9. The lowest BCUT2D eigenvalue weighted by Gasteiger charge is -2.32. The highest BCUT2D eigenvalue weighted by molar-refractivity contribution is 7.92. The van der Waals surface area contributed by atoms with Crippen molar-refractivity contribution < 1.29 is 31.2 Å². The highest BCUT2D eigenvalue weighted by Gasteiger charge is 2.35. The monoisotopic (exact) mass is 615 g/mol. The van der Waals surface area contributed by atoms with Crippen LogP contribution in [0.3, 0.4) is 0 Å². The zero-order valence-electron chi connectivity index (χ0n) is 21.7. The minimum atomic E-state index is -4.76. The van der Waals surface area contributed by atoms with Crippen molar-refractivity contribution >= 4 is 50.7 Å². The molecular weight excluding hydrogens is 590 g/mol. The van der Waals surface area contributed by atoms with Crippen LogP contribution in [0.5, 0.6) is 0 Å². The molecule has 0 aliphatic heterocycles. The van der Waals surface area contributed by atoms with Crippen molar-refractivity contribution in [2.45, 2.75) is 37.5 Å². The van der Waals surface area contributed by atoms with Crippen molar-refractivity contribution in [2.75, 3.05) is 17.9 Å². The summed E-state index contributed by atoms with van der Waals surface area (Å²) in [4.78, 5) is 27.1. The summed E-state index contributed by atoms with van der Waals surface area (Å²) < 4.78 is 68.6. The van der Waals surface area contributed by atoms with Crippen molar-refractivity contribution in [3.8, 4) is 0 Å². The fourth-order valence-electron chi connectivity index (χ4n) is 3.83. The Morgan fingerprint density at radius 2 is 1.65 bits per heavy atom. The van der Waals surface area contributed by atoms with E-state index in [2.05, 4.69) is 5.32 Å². The number of benzene rings is 3. The van der Waals surface area contributed by atoms with Gasteiger partial charge in [-0.05, 0) is 61.9 Å². The lowest BCUT2D eigenvalue weighted by molar-refractivity contribution is -0.139. The lowest BCUT2D eigenvalue weighted by atomic mass is 10.1. The van der Waals surface area contributed by atoms with Gasteiger partial charge in [0.1, 0.15) is 12.6 Å². The molecule has 3 aromatic carbocycles. The molecule has 214 valence electrons. The first-order valence-corrected chi connectivity index (χ1v) is 14.1. The normalized spacial score (nSPS) is 12.5. The van der Waals surface area contributed by atoms with Crippen LogP contribution in [-0.2, 0) is 32.3 Å². The quantitative estimate of drug-likeness (QED) is 0.335. The minimum Gasteiger partial charge on any atom is -0.357 e. The highest BCUT2D eigenvalue weighted by Crippen LogP contribution is 2.33. The predicted octanol–water partition coefficient (Wildman–Crippen LogP) is 5.68. The molecule has 0 aliphatic rings. The number of carbonyl (C=O) groups is 2. The van der Waals surface area contributed by atoms with Gasteiger partial charge in [0.05, 0.1) is 16.1 Å². The summed E-state index contributed by atoms with van der Waals surface area (Å²) in [6.07, 6.45) is -4.76. The fourth-order valence-corrected chi connectivity index (χ4v) is 5.70.